The average molecular weight is 373 g/mol. The summed E-state index contributed by atoms with van der Waals surface area (Å²) < 4.78 is 12.9. The van der Waals surface area contributed by atoms with Crippen molar-refractivity contribution in [2.45, 2.75) is 13.3 Å². The Morgan fingerprint density at radius 3 is 2.91 bits per heavy atom. The van der Waals surface area contributed by atoms with Gasteiger partial charge < -0.3 is 14.3 Å². The molecule has 0 aliphatic heterocycles. The molecule has 0 spiro atoms. The van der Waals surface area contributed by atoms with Gasteiger partial charge >= 0.3 is 5.97 Å². The molecule has 0 bridgehead atoms. The Bertz CT molecular complexity index is 606. The summed E-state index contributed by atoms with van der Waals surface area (Å²) >= 11 is 3.35. The summed E-state index contributed by atoms with van der Waals surface area (Å²) in [7, 11) is 1.80. The van der Waals surface area contributed by atoms with Crippen LogP contribution in [0.25, 0.3) is 0 Å². The van der Waals surface area contributed by atoms with Crippen LogP contribution in [0.15, 0.2) is 22.9 Å². The SMILES string of the molecule is CCOC(=O)c1ccn(OCCCOc2c(Br)cnn2C)n1. The highest BCUT2D eigenvalue weighted by Crippen LogP contribution is 2.22. The molecule has 2 aromatic heterocycles. The molecule has 0 saturated heterocycles. The Balaban J connectivity index is 1.70. The first-order valence-corrected chi connectivity index (χ1v) is 7.57. The fourth-order valence-electron chi connectivity index (χ4n) is 1.64. The van der Waals surface area contributed by atoms with Gasteiger partial charge in [0.1, 0.15) is 6.61 Å². The van der Waals surface area contributed by atoms with E-state index in [2.05, 4.69) is 26.1 Å². The molecule has 0 unspecified atom stereocenters. The number of esters is 1. The molecule has 2 rings (SSSR count). The third kappa shape index (κ3) is 4.23. The summed E-state index contributed by atoms with van der Waals surface area (Å²) in [4.78, 5) is 18.1. The lowest BCUT2D eigenvalue weighted by Gasteiger charge is -2.07. The first-order valence-electron chi connectivity index (χ1n) is 6.78. The second-order valence-electron chi connectivity index (χ2n) is 4.28. The van der Waals surface area contributed by atoms with Gasteiger partial charge in [0.15, 0.2) is 5.69 Å². The molecule has 2 heterocycles. The number of carbonyl (C=O) groups excluding carboxylic acids is 1. The van der Waals surface area contributed by atoms with Crippen LogP contribution in [0.2, 0.25) is 0 Å². The predicted molar refractivity (Wildman–Crippen MR) is 80.7 cm³/mol. The van der Waals surface area contributed by atoms with Crippen molar-refractivity contribution >= 4 is 21.9 Å². The second kappa shape index (κ2) is 7.83. The zero-order valence-electron chi connectivity index (χ0n) is 12.4. The molecule has 8 nitrogen and oxygen atoms in total. The van der Waals surface area contributed by atoms with Crippen molar-refractivity contribution in [2.24, 2.45) is 7.05 Å². The minimum Gasteiger partial charge on any atom is -0.477 e. The molecule has 0 aliphatic carbocycles. The number of nitrogens with zero attached hydrogens (tertiary/aromatic N) is 4. The molecule has 0 radical (unpaired) electrons. The van der Waals surface area contributed by atoms with Crippen LogP contribution >= 0.6 is 15.9 Å². The molecule has 2 aromatic rings. The van der Waals surface area contributed by atoms with E-state index in [0.29, 0.717) is 32.1 Å². The van der Waals surface area contributed by atoms with Gasteiger partial charge in [-0.1, -0.05) is 0 Å². The average Bonchev–Trinajstić information content (AvgIpc) is 3.08. The summed E-state index contributed by atoms with van der Waals surface area (Å²) in [5.74, 6) is 0.206. The van der Waals surface area contributed by atoms with Crippen LogP contribution < -0.4 is 9.57 Å². The van der Waals surface area contributed by atoms with Crippen molar-refractivity contribution in [3.63, 3.8) is 0 Å². The highest BCUT2D eigenvalue weighted by Gasteiger charge is 2.10. The lowest BCUT2D eigenvalue weighted by molar-refractivity contribution is 0.0487. The van der Waals surface area contributed by atoms with Gasteiger partial charge in [0.25, 0.3) is 0 Å². The molecule has 0 aliphatic rings. The zero-order valence-corrected chi connectivity index (χ0v) is 13.9. The largest absolute Gasteiger partial charge is 0.477 e. The molecule has 120 valence electrons. The molecule has 0 atom stereocenters. The number of hydrogen-bond acceptors (Lipinski definition) is 6. The van der Waals surface area contributed by atoms with Gasteiger partial charge in [-0.2, -0.15) is 5.10 Å². The number of rotatable bonds is 8. The molecule has 22 heavy (non-hydrogen) atoms. The predicted octanol–water partition coefficient (Wildman–Crippen LogP) is 1.45. The van der Waals surface area contributed by atoms with Crippen LogP contribution in [-0.4, -0.2) is 45.5 Å². The van der Waals surface area contributed by atoms with E-state index in [4.69, 9.17) is 14.3 Å². The van der Waals surface area contributed by atoms with Crippen LogP contribution in [-0.2, 0) is 11.8 Å². The third-order valence-electron chi connectivity index (χ3n) is 2.64. The lowest BCUT2D eigenvalue weighted by atomic mass is 10.4. The molecular formula is C13H17BrN4O4. The van der Waals surface area contributed by atoms with E-state index < -0.39 is 5.97 Å². The topological polar surface area (TPSA) is 80.4 Å². The van der Waals surface area contributed by atoms with E-state index in [1.165, 1.54) is 4.85 Å². The standard InChI is InChI=1S/C13H17BrN4O4/c1-3-20-13(19)11-5-6-18(16-11)22-8-4-7-21-12-10(14)9-15-17(12)2/h5-6,9H,3-4,7-8H2,1-2H3. The van der Waals surface area contributed by atoms with Crippen LogP contribution in [0.5, 0.6) is 5.88 Å². The summed E-state index contributed by atoms with van der Waals surface area (Å²) in [6.07, 6.45) is 3.89. The smallest absolute Gasteiger partial charge is 0.358 e. The van der Waals surface area contributed by atoms with Gasteiger partial charge in [-0.05, 0) is 28.9 Å². The molecule has 0 saturated carbocycles. The van der Waals surface area contributed by atoms with E-state index in [1.54, 1.807) is 37.1 Å². The number of aromatic nitrogens is 4. The maximum absolute atomic E-state index is 11.4. The van der Waals surface area contributed by atoms with E-state index >= 15 is 0 Å². The number of hydrogen-bond donors (Lipinski definition) is 0. The Kier molecular flexibility index (Phi) is 5.82. The van der Waals surface area contributed by atoms with Crippen LogP contribution in [0.3, 0.4) is 0 Å². The number of aryl methyl sites for hydroxylation is 1. The number of halogens is 1. The van der Waals surface area contributed by atoms with E-state index in [0.717, 1.165) is 4.47 Å². The molecule has 0 fully saturated rings. The third-order valence-corrected chi connectivity index (χ3v) is 3.19. The molecule has 0 N–H and O–H groups in total. The van der Waals surface area contributed by atoms with Gasteiger partial charge in [-0.15, -0.1) is 9.94 Å². The highest BCUT2D eigenvalue weighted by molar-refractivity contribution is 9.10. The summed E-state index contributed by atoms with van der Waals surface area (Å²) in [5, 5.41) is 8.01. The van der Waals surface area contributed by atoms with Crippen molar-refractivity contribution in [1.29, 1.82) is 0 Å². The minimum absolute atomic E-state index is 0.219. The Morgan fingerprint density at radius 2 is 2.23 bits per heavy atom. The molecule has 9 heteroatoms. The van der Waals surface area contributed by atoms with E-state index in [1.807, 2.05) is 0 Å². The van der Waals surface area contributed by atoms with Gasteiger partial charge in [-0.25, -0.2) is 9.48 Å². The monoisotopic (exact) mass is 372 g/mol. The van der Waals surface area contributed by atoms with Crippen LogP contribution in [0.1, 0.15) is 23.8 Å². The molecular weight excluding hydrogens is 356 g/mol. The Hall–Kier alpha value is -2.03. The van der Waals surface area contributed by atoms with Crippen molar-refractivity contribution < 1.29 is 19.1 Å². The van der Waals surface area contributed by atoms with Gasteiger partial charge in [-0.3, -0.25) is 0 Å². The molecule has 0 aromatic carbocycles. The fraction of sp³-hybridized carbons (Fsp3) is 0.462. The summed E-state index contributed by atoms with van der Waals surface area (Å²) in [5.41, 5.74) is 0.219. The fourth-order valence-corrected chi connectivity index (χ4v) is 2.10. The normalized spacial score (nSPS) is 10.5. The van der Waals surface area contributed by atoms with Gasteiger partial charge in [0, 0.05) is 13.5 Å². The van der Waals surface area contributed by atoms with Gasteiger partial charge in [0.05, 0.1) is 30.1 Å². The van der Waals surface area contributed by atoms with Crippen molar-refractivity contribution in [3.8, 4) is 5.88 Å². The second-order valence-corrected chi connectivity index (χ2v) is 5.13. The van der Waals surface area contributed by atoms with E-state index in [-0.39, 0.29) is 5.69 Å². The quantitative estimate of drug-likeness (QED) is 0.515. The molecule has 0 amide bonds. The minimum atomic E-state index is -0.464. The van der Waals surface area contributed by atoms with Crippen molar-refractivity contribution in [2.75, 3.05) is 19.8 Å². The maximum Gasteiger partial charge on any atom is 0.358 e. The number of ether oxygens (including phenoxy) is 2. The van der Waals surface area contributed by atoms with E-state index in [9.17, 15) is 4.79 Å². The summed E-state index contributed by atoms with van der Waals surface area (Å²) in [6, 6.07) is 1.54. The lowest BCUT2D eigenvalue weighted by Crippen LogP contribution is -2.17. The van der Waals surface area contributed by atoms with Crippen LogP contribution in [0, 0.1) is 0 Å². The Morgan fingerprint density at radius 1 is 1.41 bits per heavy atom. The zero-order chi connectivity index (χ0) is 15.9. The number of carbonyl (C=O) groups is 1. The van der Waals surface area contributed by atoms with Crippen molar-refractivity contribution in [3.05, 3.63) is 28.6 Å². The van der Waals surface area contributed by atoms with Gasteiger partial charge in [0.2, 0.25) is 5.88 Å². The first-order chi connectivity index (χ1) is 10.6. The highest BCUT2D eigenvalue weighted by atomic mass is 79.9. The summed E-state index contributed by atoms with van der Waals surface area (Å²) in [6.45, 7) is 2.93. The van der Waals surface area contributed by atoms with Crippen molar-refractivity contribution in [1.82, 2.24) is 19.7 Å². The van der Waals surface area contributed by atoms with Crippen LogP contribution in [0.4, 0.5) is 0 Å². The maximum atomic E-state index is 11.4. The Labute approximate surface area is 136 Å². The first kappa shape index (κ1) is 16.3.